The van der Waals surface area contributed by atoms with Crippen LogP contribution in [0.25, 0.3) is 0 Å². The number of anilines is 1. The summed E-state index contributed by atoms with van der Waals surface area (Å²) in [5, 5.41) is 16.7. The van der Waals surface area contributed by atoms with Gasteiger partial charge >= 0.3 is 12.1 Å². The molecule has 35 heavy (non-hydrogen) atoms. The summed E-state index contributed by atoms with van der Waals surface area (Å²) in [5.74, 6) is -2.21. The minimum absolute atomic E-state index is 0.127. The number of ether oxygens (including phenoxy) is 1. The normalized spacial score (nSPS) is 14.6. The lowest BCUT2D eigenvalue weighted by Crippen LogP contribution is -2.37. The van der Waals surface area contributed by atoms with Crippen LogP contribution in [0.3, 0.4) is 0 Å². The minimum Gasteiger partial charge on any atom is -0.489 e. The van der Waals surface area contributed by atoms with E-state index in [1.165, 1.54) is 16.9 Å². The van der Waals surface area contributed by atoms with E-state index >= 15 is 0 Å². The molecular weight excluding hydrogens is 525 g/mol. The maximum atomic E-state index is 12.2. The Labute approximate surface area is 212 Å². The number of likely N-dealkylation sites (tertiary alicyclic amines) is 1. The number of carbonyl (C=O) groups excluding carboxylic acids is 1. The maximum absolute atomic E-state index is 12.2. The number of carboxylic acid groups (broad SMARTS) is 1. The molecule has 1 aliphatic heterocycles. The van der Waals surface area contributed by atoms with Crippen LogP contribution in [-0.4, -0.2) is 47.3 Å². The molecule has 2 N–H and O–H groups in total. The lowest BCUT2D eigenvalue weighted by atomic mass is 10.1. The second-order valence-corrected chi connectivity index (χ2v) is 9.74. The second-order valence-electron chi connectivity index (χ2n) is 7.60. The van der Waals surface area contributed by atoms with Gasteiger partial charge in [-0.25, -0.2) is 4.79 Å². The van der Waals surface area contributed by atoms with E-state index in [9.17, 15) is 18.0 Å². The molecule has 3 aromatic rings. The van der Waals surface area contributed by atoms with Crippen LogP contribution in [0.4, 0.5) is 18.9 Å². The zero-order valence-corrected chi connectivity index (χ0v) is 20.6. The van der Waals surface area contributed by atoms with E-state index < -0.39 is 12.1 Å². The van der Waals surface area contributed by atoms with Crippen LogP contribution in [0.15, 0.2) is 52.5 Å². The zero-order chi connectivity index (χ0) is 25.4. The number of piperidine rings is 1. The summed E-state index contributed by atoms with van der Waals surface area (Å²) in [6.45, 7) is 3.05. The summed E-state index contributed by atoms with van der Waals surface area (Å²) in [5.41, 5.74) is 2.05. The number of aliphatic carboxylic acids is 1. The van der Waals surface area contributed by atoms with Gasteiger partial charge in [-0.1, -0.05) is 17.7 Å². The van der Waals surface area contributed by atoms with E-state index in [1.807, 2.05) is 23.6 Å². The van der Waals surface area contributed by atoms with Crippen molar-refractivity contribution >= 4 is 51.8 Å². The molecule has 6 nitrogen and oxygen atoms in total. The predicted molar refractivity (Wildman–Crippen MR) is 131 cm³/mol. The van der Waals surface area contributed by atoms with Crippen molar-refractivity contribution < 1.29 is 32.6 Å². The van der Waals surface area contributed by atoms with E-state index in [0.717, 1.165) is 32.5 Å². The average molecular weight is 547 g/mol. The van der Waals surface area contributed by atoms with E-state index in [2.05, 4.69) is 27.0 Å². The minimum atomic E-state index is -5.08. The van der Waals surface area contributed by atoms with Crippen molar-refractivity contribution in [2.45, 2.75) is 31.7 Å². The maximum Gasteiger partial charge on any atom is 0.490 e. The number of rotatable bonds is 6. The van der Waals surface area contributed by atoms with E-state index in [-0.39, 0.29) is 12.0 Å². The number of carbonyl (C=O) groups is 2. The summed E-state index contributed by atoms with van der Waals surface area (Å²) in [6, 6.07) is 11.3. The van der Waals surface area contributed by atoms with Gasteiger partial charge in [0.2, 0.25) is 0 Å². The molecule has 1 saturated heterocycles. The largest absolute Gasteiger partial charge is 0.490 e. The monoisotopic (exact) mass is 546 g/mol. The molecule has 0 radical (unpaired) electrons. The van der Waals surface area contributed by atoms with Crippen LogP contribution >= 0.6 is 34.3 Å². The fourth-order valence-electron chi connectivity index (χ4n) is 3.28. The van der Waals surface area contributed by atoms with Crippen LogP contribution in [-0.2, 0) is 11.3 Å². The summed E-state index contributed by atoms with van der Waals surface area (Å²) in [4.78, 5) is 24.2. The number of carboxylic acids is 1. The third kappa shape index (κ3) is 8.53. The van der Waals surface area contributed by atoms with Gasteiger partial charge in [0.1, 0.15) is 11.9 Å². The highest BCUT2D eigenvalue weighted by atomic mass is 35.5. The van der Waals surface area contributed by atoms with Gasteiger partial charge in [-0.05, 0) is 64.9 Å². The lowest BCUT2D eigenvalue weighted by molar-refractivity contribution is -0.192. The van der Waals surface area contributed by atoms with Crippen molar-refractivity contribution in [3.05, 3.63) is 68.0 Å². The first-order chi connectivity index (χ1) is 16.6. The Morgan fingerprint density at radius 3 is 2.43 bits per heavy atom. The Kier molecular flexibility index (Phi) is 9.55. The molecule has 0 spiro atoms. The van der Waals surface area contributed by atoms with E-state index in [4.69, 9.17) is 26.2 Å². The average Bonchev–Trinajstić information content (AvgIpc) is 3.51. The van der Waals surface area contributed by atoms with Crippen LogP contribution in [0.5, 0.6) is 5.75 Å². The number of nitrogens with zero attached hydrogens (tertiary/aromatic N) is 1. The number of benzene rings is 1. The highest BCUT2D eigenvalue weighted by Crippen LogP contribution is 2.30. The molecule has 1 aliphatic rings. The number of thiophene rings is 2. The fraction of sp³-hybridized carbons (Fsp3) is 0.304. The van der Waals surface area contributed by atoms with Gasteiger partial charge < -0.3 is 15.2 Å². The molecule has 0 unspecified atom stereocenters. The SMILES string of the molecule is O=C(Nc1ccc(OC2CCN(Cc3ccsc3)CC2)c(Cl)c1)c1cccs1.O=C(O)C(F)(F)F. The van der Waals surface area contributed by atoms with Crippen molar-refractivity contribution in [2.75, 3.05) is 18.4 Å². The van der Waals surface area contributed by atoms with Gasteiger partial charge in [-0.3, -0.25) is 9.69 Å². The van der Waals surface area contributed by atoms with Crippen LogP contribution in [0.2, 0.25) is 5.02 Å². The molecule has 0 atom stereocenters. The first kappa shape index (κ1) is 27.0. The first-order valence-electron chi connectivity index (χ1n) is 10.5. The molecule has 1 aromatic carbocycles. The Morgan fingerprint density at radius 1 is 1.17 bits per heavy atom. The van der Waals surface area contributed by atoms with E-state index in [1.54, 1.807) is 23.5 Å². The second kappa shape index (κ2) is 12.4. The highest BCUT2D eigenvalue weighted by Gasteiger charge is 2.38. The predicted octanol–water partition coefficient (Wildman–Crippen LogP) is 6.39. The van der Waals surface area contributed by atoms with Crippen LogP contribution in [0, 0.1) is 0 Å². The summed E-state index contributed by atoms with van der Waals surface area (Å²) < 4.78 is 37.9. The molecule has 2 aromatic heterocycles. The van der Waals surface area contributed by atoms with Crippen molar-refractivity contribution in [1.82, 2.24) is 4.90 Å². The van der Waals surface area contributed by atoms with Crippen molar-refractivity contribution in [3.63, 3.8) is 0 Å². The van der Waals surface area contributed by atoms with Gasteiger partial charge in [0, 0.05) is 25.3 Å². The summed E-state index contributed by atoms with van der Waals surface area (Å²) in [6.07, 6.45) is -2.95. The van der Waals surface area contributed by atoms with Crippen molar-refractivity contribution in [2.24, 2.45) is 0 Å². The summed E-state index contributed by atoms with van der Waals surface area (Å²) in [7, 11) is 0. The number of nitrogens with one attached hydrogen (secondary N) is 1. The molecule has 3 heterocycles. The smallest absolute Gasteiger partial charge is 0.489 e. The van der Waals surface area contributed by atoms with Crippen molar-refractivity contribution in [1.29, 1.82) is 0 Å². The van der Waals surface area contributed by atoms with E-state index in [0.29, 0.717) is 21.3 Å². The zero-order valence-electron chi connectivity index (χ0n) is 18.3. The molecule has 4 rings (SSSR count). The Bertz CT molecular complexity index is 1100. The molecule has 0 saturated carbocycles. The van der Waals surface area contributed by atoms with Gasteiger partial charge in [-0.2, -0.15) is 24.5 Å². The van der Waals surface area contributed by atoms with Crippen LogP contribution < -0.4 is 10.1 Å². The molecule has 1 amide bonds. The number of alkyl halides is 3. The highest BCUT2D eigenvalue weighted by molar-refractivity contribution is 7.12. The standard InChI is InChI=1S/C21H21ClN2O2S2.C2HF3O2/c22-18-12-16(23-21(25)20-2-1-10-28-20)3-4-19(18)26-17-5-8-24(9-6-17)13-15-7-11-27-14-15;3-2(4,5)1(6)7/h1-4,7,10-12,14,17H,5-6,8-9,13H2,(H,23,25);(H,6,7). The number of hydrogen-bond donors (Lipinski definition) is 2. The summed E-state index contributed by atoms with van der Waals surface area (Å²) >= 11 is 9.55. The Morgan fingerprint density at radius 2 is 1.89 bits per heavy atom. The topological polar surface area (TPSA) is 78.9 Å². The molecule has 12 heteroatoms. The lowest BCUT2D eigenvalue weighted by Gasteiger charge is -2.32. The number of amides is 1. The molecular formula is C23H22ClF3N2O4S2. The van der Waals surface area contributed by atoms with Gasteiger partial charge in [0.15, 0.2) is 0 Å². The number of halogens is 4. The third-order valence-electron chi connectivity index (χ3n) is 4.99. The first-order valence-corrected chi connectivity index (χ1v) is 12.7. The molecule has 188 valence electrons. The van der Waals surface area contributed by atoms with Gasteiger partial charge in [0.25, 0.3) is 5.91 Å². The fourth-order valence-corrected chi connectivity index (χ4v) is 4.78. The number of hydrogen-bond acceptors (Lipinski definition) is 6. The molecule has 0 bridgehead atoms. The Hall–Kier alpha value is -2.60. The van der Waals surface area contributed by atoms with Gasteiger partial charge in [-0.15, -0.1) is 11.3 Å². The van der Waals surface area contributed by atoms with Crippen molar-refractivity contribution in [3.8, 4) is 5.75 Å². The van der Waals surface area contributed by atoms with Gasteiger partial charge in [0.05, 0.1) is 9.90 Å². The molecule has 1 fully saturated rings. The third-order valence-corrected chi connectivity index (χ3v) is 6.89. The molecule has 0 aliphatic carbocycles. The Balaban J connectivity index is 0.000000429. The quantitative estimate of drug-likeness (QED) is 0.374. The van der Waals surface area contributed by atoms with Crippen LogP contribution in [0.1, 0.15) is 28.1 Å².